The topological polar surface area (TPSA) is 81.2 Å². The number of piperidine rings is 1. The summed E-state index contributed by atoms with van der Waals surface area (Å²) in [6.07, 6.45) is 2.82. The summed E-state index contributed by atoms with van der Waals surface area (Å²) in [5, 5.41) is 20.8. The minimum absolute atomic E-state index is 0.0372. The van der Waals surface area contributed by atoms with Crippen molar-refractivity contribution in [3.8, 4) is 0 Å². The fraction of sp³-hybridized carbons (Fsp3) is 0.579. The number of aliphatic hydroxyl groups is 1. The Balaban J connectivity index is 1.44. The standard InChI is InChI=1S/C19H23ClF2N4O2/c20-13-8-11-10-23-25-16(11)15(9-13)17(27)19(21,22)12-4-6-26(7-5-12)18(28)24-14-2-1-3-14/h8-10,12,14,17,27H,1-7H2,(H,23,25)(H,24,28). The van der Waals surface area contributed by atoms with E-state index in [2.05, 4.69) is 15.5 Å². The minimum atomic E-state index is -3.35. The molecule has 4 rings (SSSR count). The Kier molecular flexibility index (Phi) is 5.18. The quantitative estimate of drug-likeness (QED) is 0.713. The Morgan fingerprint density at radius 3 is 2.68 bits per heavy atom. The van der Waals surface area contributed by atoms with E-state index in [-0.39, 0.29) is 48.6 Å². The number of benzene rings is 1. The van der Waals surface area contributed by atoms with E-state index in [1.54, 1.807) is 11.0 Å². The van der Waals surface area contributed by atoms with Gasteiger partial charge in [0.2, 0.25) is 0 Å². The lowest BCUT2D eigenvalue weighted by Crippen LogP contribution is -2.51. The van der Waals surface area contributed by atoms with Crippen molar-refractivity contribution in [3.63, 3.8) is 0 Å². The van der Waals surface area contributed by atoms with Gasteiger partial charge in [0.1, 0.15) is 6.10 Å². The van der Waals surface area contributed by atoms with Crippen LogP contribution in [0, 0.1) is 5.92 Å². The zero-order valence-corrected chi connectivity index (χ0v) is 16.1. The molecule has 2 fully saturated rings. The monoisotopic (exact) mass is 412 g/mol. The van der Waals surface area contributed by atoms with E-state index in [4.69, 9.17) is 11.6 Å². The average molecular weight is 413 g/mol. The molecule has 1 atom stereocenters. The molecule has 6 nitrogen and oxygen atoms in total. The molecule has 1 aromatic carbocycles. The van der Waals surface area contributed by atoms with Gasteiger partial charge in [-0.05, 0) is 44.2 Å². The molecule has 1 aliphatic carbocycles. The van der Waals surface area contributed by atoms with Crippen LogP contribution in [-0.4, -0.2) is 51.3 Å². The Morgan fingerprint density at radius 1 is 1.32 bits per heavy atom. The number of nitrogens with zero attached hydrogens (tertiary/aromatic N) is 2. The third kappa shape index (κ3) is 3.55. The molecule has 0 spiro atoms. The maximum absolute atomic E-state index is 15.1. The van der Waals surface area contributed by atoms with Crippen LogP contribution in [0.25, 0.3) is 10.9 Å². The summed E-state index contributed by atoms with van der Waals surface area (Å²) in [6, 6.07) is 2.99. The highest BCUT2D eigenvalue weighted by Gasteiger charge is 2.49. The van der Waals surface area contributed by atoms with Gasteiger partial charge in [-0.1, -0.05) is 11.6 Å². The lowest BCUT2D eigenvalue weighted by molar-refractivity contribution is -0.159. The number of aromatic nitrogens is 2. The fourth-order valence-electron chi connectivity index (χ4n) is 3.98. The SMILES string of the molecule is O=C(NC1CCC1)N1CCC(C(F)(F)C(O)c2cc(Cl)cc3cn[nH]c23)CC1. The molecule has 1 aliphatic heterocycles. The van der Waals surface area contributed by atoms with Crippen LogP contribution in [0.15, 0.2) is 18.3 Å². The maximum atomic E-state index is 15.1. The Hall–Kier alpha value is -1.93. The van der Waals surface area contributed by atoms with E-state index >= 15 is 8.78 Å². The van der Waals surface area contributed by atoms with Gasteiger partial charge in [0, 0.05) is 41.0 Å². The first-order chi connectivity index (χ1) is 13.4. The zero-order valence-electron chi connectivity index (χ0n) is 15.3. The summed E-state index contributed by atoms with van der Waals surface area (Å²) in [5.74, 6) is -4.37. The van der Waals surface area contributed by atoms with Crippen LogP contribution in [0.5, 0.6) is 0 Å². The molecule has 0 bridgehead atoms. The van der Waals surface area contributed by atoms with E-state index in [1.165, 1.54) is 12.3 Å². The third-order valence-electron chi connectivity index (χ3n) is 5.96. The molecule has 3 N–H and O–H groups in total. The molecule has 2 aromatic rings. The number of likely N-dealkylation sites (tertiary alicyclic amines) is 1. The van der Waals surface area contributed by atoms with Gasteiger partial charge in [-0.25, -0.2) is 13.6 Å². The summed E-state index contributed by atoms with van der Waals surface area (Å²) >= 11 is 6.02. The third-order valence-corrected chi connectivity index (χ3v) is 6.18. The number of urea groups is 1. The number of carbonyl (C=O) groups is 1. The molecule has 1 saturated heterocycles. The highest BCUT2D eigenvalue weighted by atomic mass is 35.5. The summed E-state index contributed by atoms with van der Waals surface area (Å²) < 4.78 is 30.2. The molecular weight excluding hydrogens is 390 g/mol. The Morgan fingerprint density at radius 2 is 2.04 bits per heavy atom. The van der Waals surface area contributed by atoms with Gasteiger partial charge in [-0.2, -0.15) is 5.10 Å². The van der Waals surface area contributed by atoms with E-state index < -0.39 is 17.9 Å². The van der Waals surface area contributed by atoms with Crippen LogP contribution < -0.4 is 5.32 Å². The van der Waals surface area contributed by atoms with Gasteiger partial charge in [0.05, 0.1) is 11.7 Å². The number of nitrogens with one attached hydrogen (secondary N) is 2. The van der Waals surface area contributed by atoms with Gasteiger partial charge in [-0.3, -0.25) is 5.10 Å². The summed E-state index contributed by atoms with van der Waals surface area (Å²) in [6.45, 7) is 0.501. The largest absolute Gasteiger partial charge is 0.382 e. The smallest absolute Gasteiger partial charge is 0.317 e. The Bertz CT molecular complexity index is 863. The van der Waals surface area contributed by atoms with Crippen molar-refractivity contribution >= 4 is 28.5 Å². The molecule has 2 aliphatic rings. The van der Waals surface area contributed by atoms with Crippen LogP contribution in [-0.2, 0) is 0 Å². The number of H-pyrrole nitrogens is 1. The normalized spacial score (nSPS) is 20.2. The number of aromatic amines is 1. The number of hydrogen-bond donors (Lipinski definition) is 3. The van der Waals surface area contributed by atoms with E-state index in [9.17, 15) is 9.90 Å². The first-order valence-electron chi connectivity index (χ1n) is 9.60. The summed E-state index contributed by atoms with van der Waals surface area (Å²) in [5.41, 5.74) is 0.393. The number of carbonyl (C=O) groups excluding carboxylic acids is 1. The molecule has 28 heavy (non-hydrogen) atoms. The van der Waals surface area contributed by atoms with E-state index in [0.29, 0.717) is 10.9 Å². The molecule has 9 heteroatoms. The summed E-state index contributed by atoms with van der Waals surface area (Å²) in [7, 11) is 0. The second-order valence-electron chi connectivity index (χ2n) is 7.74. The van der Waals surface area contributed by atoms with Crippen molar-refractivity contribution < 1.29 is 18.7 Å². The number of rotatable bonds is 4. The van der Waals surface area contributed by atoms with Crippen LogP contribution in [0.3, 0.4) is 0 Å². The van der Waals surface area contributed by atoms with Gasteiger partial charge in [-0.15, -0.1) is 0 Å². The van der Waals surface area contributed by atoms with Gasteiger partial charge in [0.15, 0.2) is 0 Å². The van der Waals surface area contributed by atoms with Crippen molar-refractivity contribution in [2.24, 2.45) is 5.92 Å². The van der Waals surface area contributed by atoms with Crippen LogP contribution in [0.4, 0.5) is 13.6 Å². The molecule has 1 saturated carbocycles. The molecule has 152 valence electrons. The number of hydrogen-bond acceptors (Lipinski definition) is 3. The second-order valence-corrected chi connectivity index (χ2v) is 8.18. The predicted octanol–water partition coefficient (Wildman–Crippen LogP) is 3.86. The summed E-state index contributed by atoms with van der Waals surface area (Å²) in [4.78, 5) is 13.8. The number of amides is 2. The maximum Gasteiger partial charge on any atom is 0.317 e. The minimum Gasteiger partial charge on any atom is -0.382 e. The molecule has 2 amide bonds. The van der Waals surface area contributed by atoms with E-state index in [0.717, 1.165) is 19.3 Å². The molecule has 2 heterocycles. The van der Waals surface area contributed by atoms with Crippen molar-refractivity contribution in [2.75, 3.05) is 13.1 Å². The highest BCUT2D eigenvalue weighted by Crippen LogP contribution is 2.44. The van der Waals surface area contributed by atoms with Crippen LogP contribution >= 0.6 is 11.6 Å². The van der Waals surface area contributed by atoms with Crippen molar-refractivity contribution in [1.29, 1.82) is 0 Å². The molecule has 1 unspecified atom stereocenters. The van der Waals surface area contributed by atoms with Gasteiger partial charge >= 0.3 is 6.03 Å². The lowest BCUT2D eigenvalue weighted by atomic mass is 9.85. The first kappa shape index (κ1) is 19.4. The number of aliphatic hydroxyl groups excluding tert-OH is 1. The Labute approximate surface area is 166 Å². The van der Waals surface area contributed by atoms with E-state index in [1.807, 2.05) is 0 Å². The number of fused-ring (bicyclic) bond motifs is 1. The average Bonchev–Trinajstić information content (AvgIpc) is 3.11. The molecular formula is C19H23ClF2N4O2. The number of halogens is 3. The second kappa shape index (κ2) is 7.48. The van der Waals surface area contributed by atoms with Crippen molar-refractivity contribution in [1.82, 2.24) is 20.4 Å². The van der Waals surface area contributed by atoms with Crippen LogP contribution in [0.1, 0.15) is 43.8 Å². The number of alkyl halides is 2. The van der Waals surface area contributed by atoms with Crippen molar-refractivity contribution in [2.45, 2.75) is 50.2 Å². The zero-order chi connectivity index (χ0) is 19.9. The highest BCUT2D eigenvalue weighted by molar-refractivity contribution is 6.31. The fourth-order valence-corrected chi connectivity index (χ4v) is 4.21. The molecule has 1 aromatic heterocycles. The van der Waals surface area contributed by atoms with Crippen LogP contribution in [0.2, 0.25) is 5.02 Å². The first-order valence-corrected chi connectivity index (χ1v) is 9.98. The van der Waals surface area contributed by atoms with Crippen molar-refractivity contribution in [3.05, 3.63) is 28.9 Å². The molecule has 0 radical (unpaired) electrons. The van der Waals surface area contributed by atoms with Gasteiger partial charge in [0.25, 0.3) is 5.92 Å². The lowest BCUT2D eigenvalue weighted by Gasteiger charge is -2.38. The van der Waals surface area contributed by atoms with Gasteiger partial charge < -0.3 is 15.3 Å². The predicted molar refractivity (Wildman–Crippen MR) is 101 cm³/mol.